The highest BCUT2D eigenvalue weighted by molar-refractivity contribution is 9.10. The summed E-state index contributed by atoms with van der Waals surface area (Å²) in [6.45, 7) is 4.23. The fraction of sp³-hybridized carbons (Fsp3) is 0.455. The van der Waals surface area contributed by atoms with Crippen LogP contribution in [-0.4, -0.2) is 19.4 Å². The molecule has 16 heavy (non-hydrogen) atoms. The minimum absolute atomic E-state index is 0.310. The van der Waals surface area contributed by atoms with Crippen LogP contribution in [0.2, 0.25) is 0 Å². The van der Waals surface area contributed by atoms with E-state index >= 15 is 0 Å². The van der Waals surface area contributed by atoms with Gasteiger partial charge in [0.15, 0.2) is 11.5 Å². The van der Waals surface area contributed by atoms with Crippen molar-refractivity contribution in [3.8, 4) is 11.5 Å². The zero-order chi connectivity index (χ0) is 12.3. The van der Waals surface area contributed by atoms with Crippen LogP contribution in [0, 0.1) is 13.8 Å². The first-order valence-electron chi connectivity index (χ1n) is 4.84. The summed E-state index contributed by atoms with van der Waals surface area (Å²) in [7, 11) is 3.19. The maximum Gasteiger partial charge on any atom is 0.165 e. The Morgan fingerprint density at radius 3 is 2.12 bits per heavy atom. The predicted octanol–water partition coefficient (Wildman–Crippen LogP) is 2.56. The summed E-state index contributed by atoms with van der Waals surface area (Å²) in [5.41, 5.74) is 5.03. The largest absolute Gasteiger partial charge is 0.493 e. The molecular formula is C11H16BrNO3. The van der Waals surface area contributed by atoms with E-state index in [4.69, 9.17) is 14.7 Å². The van der Waals surface area contributed by atoms with Crippen LogP contribution in [0.5, 0.6) is 11.5 Å². The third-order valence-electron chi connectivity index (χ3n) is 2.60. The molecule has 0 saturated heterocycles. The maximum absolute atomic E-state index is 8.83. The Kier molecular flexibility index (Phi) is 4.58. The number of hydroxylamine groups is 1. The molecule has 0 unspecified atom stereocenters. The van der Waals surface area contributed by atoms with E-state index in [9.17, 15) is 0 Å². The van der Waals surface area contributed by atoms with E-state index in [-0.39, 0.29) is 0 Å². The van der Waals surface area contributed by atoms with Gasteiger partial charge in [-0.2, -0.15) is 0 Å². The van der Waals surface area contributed by atoms with Gasteiger partial charge in [0.25, 0.3) is 0 Å². The summed E-state index contributed by atoms with van der Waals surface area (Å²) in [5.74, 6) is 1.34. The maximum atomic E-state index is 8.83. The first kappa shape index (κ1) is 13.3. The van der Waals surface area contributed by atoms with E-state index in [0.717, 1.165) is 21.2 Å². The van der Waals surface area contributed by atoms with Crippen LogP contribution < -0.4 is 15.0 Å². The van der Waals surface area contributed by atoms with Gasteiger partial charge in [0, 0.05) is 22.1 Å². The summed E-state index contributed by atoms with van der Waals surface area (Å²) in [6.07, 6.45) is 0. The Morgan fingerprint density at radius 2 is 1.69 bits per heavy atom. The van der Waals surface area contributed by atoms with Gasteiger partial charge < -0.3 is 14.7 Å². The van der Waals surface area contributed by atoms with Crippen LogP contribution in [-0.2, 0) is 6.54 Å². The molecule has 90 valence electrons. The molecule has 0 fully saturated rings. The SMILES string of the molecule is COc1c(C)c(Br)c(C)c(CNO)c1OC. The number of rotatable bonds is 4. The van der Waals surface area contributed by atoms with Crippen LogP contribution in [0.4, 0.5) is 0 Å². The quantitative estimate of drug-likeness (QED) is 0.837. The summed E-state index contributed by atoms with van der Waals surface area (Å²) in [5, 5.41) is 8.83. The fourth-order valence-electron chi connectivity index (χ4n) is 1.74. The number of hydrogen-bond acceptors (Lipinski definition) is 4. The lowest BCUT2D eigenvalue weighted by atomic mass is 10.0. The Morgan fingerprint density at radius 1 is 1.12 bits per heavy atom. The van der Waals surface area contributed by atoms with Gasteiger partial charge in [-0.15, -0.1) is 0 Å². The van der Waals surface area contributed by atoms with E-state index in [1.165, 1.54) is 0 Å². The highest BCUT2D eigenvalue weighted by Crippen LogP contribution is 2.41. The minimum Gasteiger partial charge on any atom is -0.493 e. The molecule has 0 aliphatic heterocycles. The van der Waals surface area contributed by atoms with E-state index in [0.29, 0.717) is 18.0 Å². The molecule has 1 rings (SSSR count). The highest BCUT2D eigenvalue weighted by Gasteiger charge is 2.19. The van der Waals surface area contributed by atoms with Gasteiger partial charge in [0.05, 0.1) is 14.2 Å². The van der Waals surface area contributed by atoms with E-state index < -0.39 is 0 Å². The predicted molar refractivity (Wildman–Crippen MR) is 65.3 cm³/mol. The van der Waals surface area contributed by atoms with Crippen molar-refractivity contribution < 1.29 is 14.7 Å². The summed E-state index contributed by atoms with van der Waals surface area (Å²) < 4.78 is 11.6. The minimum atomic E-state index is 0.310. The van der Waals surface area contributed by atoms with Crippen molar-refractivity contribution in [2.75, 3.05) is 14.2 Å². The smallest absolute Gasteiger partial charge is 0.165 e. The molecule has 0 amide bonds. The second-order valence-corrected chi connectivity index (χ2v) is 4.24. The summed E-state index contributed by atoms with van der Waals surface area (Å²) in [6, 6.07) is 0. The van der Waals surface area contributed by atoms with Crippen molar-refractivity contribution in [1.82, 2.24) is 5.48 Å². The zero-order valence-electron chi connectivity index (χ0n) is 9.85. The highest BCUT2D eigenvalue weighted by atomic mass is 79.9. The average molecular weight is 290 g/mol. The Hall–Kier alpha value is -0.780. The Bertz CT molecular complexity index is 394. The van der Waals surface area contributed by atoms with E-state index in [1.54, 1.807) is 14.2 Å². The summed E-state index contributed by atoms with van der Waals surface area (Å²) in [4.78, 5) is 0. The number of nitrogens with one attached hydrogen (secondary N) is 1. The Labute approximate surface area is 104 Å². The third-order valence-corrected chi connectivity index (χ3v) is 3.79. The number of halogens is 1. The molecule has 1 aromatic carbocycles. The average Bonchev–Trinajstić information content (AvgIpc) is 2.29. The van der Waals surface area contributed by atoms with Gasteiger partial charge in [0.1, 0.15) is 0 Å². The first-order valence-corrected chi connectivity index (χ1v) is 5.64. The third kappa shape index (κ3) is 2.16. The van der Waals surface area contributed by atoms with Crippen LogP contribution in [0.25, 0.3) is 0 Å². The van der Waals surface area contributed by atoms with Gasteiger partial charge in [-0.1, -0.05) is 15.9 Å². The molecule has 0 aliphatic carbocycles. The molecule has 1 aromatic rings. The molecule has 0 bridgehead atoms. The van der Waals surface area contributed by atoms with Gasteiger partial charge >= 0.3 is 0 Å². The second kappa shape index (κ2) is 5.52. The lowest BCUT2D eigenvalue weighted by Crippen LogP contribution is -2.11. The number of hydrogen-bond donors (Lipinski definition) is 2. The van der Waals surface area contributed by atoms with Crippen molar-refractivity contribution >= 4 is 15.9 Å². The molecule has 5 heteroatoms. The normalized spacial score (nSPS) is 10.4. The molecule has 0 atom stereocenters. The van der Waals surface area contributed by atoms with Gasteiger partial charge in [-0.25, -0.2) is 5.48 Å². The first-order chi connectivity index (χ1) is 7.58. The Balaban J connectivity index is 3.51. The van der Waals surface area contributed by atoms with Crippen molar-refractivity contribution in [3.63, 3.8) is 0 Å². The zero-order valence-corrected chi connectivity index (χ0v) is 11.4. The second-order valence-electron chi connectivity index (χ2n) is 3.44. The van der Waals surface area contributed by atoms with Gasteiger partial charge in [-0.05, 0) is 19.4 Å². The van der Waals surface area contributed by atoms with E-state index in [1.807, 2.05) is 13.8 Å². The number of benzene rings is 1. The number of ether oxygens (including phenoxy) is 2. The topological polar surface area (TPSA) is 50.7 Å². The molecule has 2 N–H and O–H groups in total. The van der Waals surface area contributed by atoms with Crippen molar-refractivity contribution in [3.05, 3.63) is 21.2 Å². The fourth-order valence-corrected chi connectivity index (χ4v) is 2.16. The van der Waals surface area contributed by atoms with Gasteiger partial charge in [-0.3, -0.25) is 0 Å². The molecule has 4 nitrogen and oxygen atoms in total. The van der Waals surface area contributed by atoms with Crippen LogP contribution in [0.3, 0.4) is 0 Å². The molecule has 0 radical (unpaired) electrons. The monoisotopic (exact) mass is 289 g/mol. The molecule has 0 spiro atoms. The molecular weight excluding hydrogens is 274 g/mol. The van der Waals surface area contributed by atoms with Gasteiger partial charge in [0.2, 0.25) is 0 Å². The molecule has 0 aliphatic rings. The molecule has 0 heterocycles. The lowest BCUT2D eigenvalue weighted by Gasteiger charge is -2.19. The lowest BCUT2D eigenvalue weighted by molar-refractivity contribution is 0.159. The van der Waals surface area contributed by atoms with Crippen LogP contribution in [0.15, 0.2) is 4.47 Å². The molecule has 0 aromatic heterocycles. The standard InChI is InChI=1S/C11H16BrNO3/c1-6-8(5-13-14)11(16-4)10(15-3)7(2)9(6)12/h13-14H,5H2,1-4H3. The van der Waals surface area contributed by atoms with E-state index in [2.05, 4.69) is 21.4 Å². The van der Waals surface area contributed by atoms with Crippen molar-refractivity contribution in [1.29, 1.82) is 0 Å². The number of methoxy groups -OCH3 is 2. The van der Waals surface area contributed by atoms with Crippen molar-refractivity contribution in [2.45, 2.75) is 20.4 Å². The molecule has 0 saturated carbocycles. The van der Waals surface area contributed by atoms with Crippen LogP contribution in [0.1, 0.15) is 16.7 Å². The van der Waals surface area contributed by atoms with Crippen LogP contribution >= 0.6 is 15.9 Å². The van der Waals surface area contributed by atoms with Crippen molar-refractivity contribution in [2.24, 2.45) is 0 Å². The summed E-state index contributed by atoms with van der Waals surface area (Å²) >= 11 is 3.51.